The molecule has 0 aliphatic carbocycles. The largest absolute Gasteiger partial charge is 0.504 e. The van der Waals surface area contributed by atoms with Crippen LogP contribution < -0.4 is 9.47 Å². The number of benzene rings is 2. The Morgan fingerprint density at radius 1 is 0.762 bits per heavy atom. The quantitative estimate of drug-likeness (QED) is 0.904. The molecule has 0 saturated carbocycles. The van der Waals surface area contributed by atoms with Gasteiger partial charge in [0.2, 0.25) is 0 Å². The van der Waals surface area contributed by atoms with Crippen LogP contribution in [0.4, 0.5) is 0 Å². The van der Waals surface area contributed by atoms with Gasteiger partial charge in [-0.1, -0.05) is 38.1 Å². The lowest BCUT2D eigenvalue weighted by Gasteiger charge is -2.28. The second kappa shape index (κ2) is 5.56. The summed E-state index contributed by atoms with van der Waals surface area (Å²) in [4.78, 5) is 0. The molecule has 0 aliphatic rings. The molecule has 0 amide bonds. The normalized spacial score (nSPS) is 11.2. The van der Waals surface area contributed by atoms with E-state index in [2.05, 4.69) is 0 Å². The molecule has 112 valence electrons. The Kier molecular flexibility index (Phi) is 3.98. The maximum atomic E-state index is 10.4. The van der Waals surface area contributed by atoms with Crippen LogP contribution in [0.5, 0.6) is 23.0 Å². The molecule has 0 unspecified atom stereocenters. The van der Waals surface area contributed by atoms with E-state index in [1.807, 2.05) is 38.1 Å². The van der Waals surface area contributed by atoms with E-state index >= 15 is 0 Å². The van der Waals surface area contributed by atoms with Crippen molar-refractivity contribution < 1.29 is 19.7 Å². The Bertz CT molecular complexity index is 592. The molecule has 4 heteroatoms. The summed E-state index contributed by atoms with van der Waals surface area (Å²) < 4.78 is 10.3. The average Bonchev–Trinajstić information content (AvgIpc) is 2.47. The molecule has 21 heavy (non-hydrogen) atoms. The summed E-state index contributed by atoms with van der Waals surface area (Å²) in [6.45, 7) is 3.85. The highest BCUT2D eigenvalue weighted by molar-refractivity contribution is 5.57. The minimum absolute atomic E-state index is 0.0761. The zero-order chi connectivity index (χ0) is 15.6. The molecular weight excluding hydrogens is 268 g/mol. The smallest absolute Gasteiger partial charge is 0.161 e. The maximum Gasteiger partial charge on any atom is 0.161 e. The summed E-state index contributed by atoms with van der Waals surface area (Å²) in [5, 5.41) is 20.7. The first-order valence-electron chi connectivity index (χ1n) is 6.66. The van der Waals surface area contributed by atoms with Crippen LogP contribution in [0.1, 0.15) is 25.0 Å². The number of para-hydroxylation sites is 2. The Balaban J connectivity index is 2.62. The number of hydrogen-bond donors (Lipinski definition) is 2. The van der Waals surface area contributed by atoms with E-state index in [0.717, 1.165) is 0 Å². The minimum atomic E-state index is -0.614. The maximum absolute atomic E-state index is 10.4. The standard InChI is InChI=1S/C17H20O4/c1-17(2,11-7-5-9-13(20-3)15(11)18)12-8-6-10-14(21-4)16(12)19/h5-10,18-19H,1-4H3. The fraction of sp³-hybridized carbons (Fsp3) is 0.294. The van der Waals surface area contributed by atoms with E-state index in [1.165, 1.54) is 14.2 Å². The summed E-state index contributed by atoms with van der Waals surface area (Å²) in [5.41, 5.74) is 0.729. The Labute approximate surface area is 124 Å². The molecule has 0 fully saturated rings. The van der Waals surface area contributed by atoms with E-state index in [4.69, 9.17) is 9.47 Å². The molecule has 2 rings (SSSR count). The van der Waals surface area contributed by atoms with Gasteiger partial charge in [-0.15, -0.1) is 0 Å². The molecule has 0 radical (unpaired) electrons. The molecule has 0 aliphatic heterocycles. The third-order valence-corrected chi connectivity index (χ3v) is 3.78. The third kappa shape index (κ3) is 2.49. The second-order valence-corrected chi connectivity index (χ2v) is 5.34. The van der Waals surface area contributed by atoms with Gasteiger partial charge in [-0.05, 0) is 12.1 Å². The highest BCUT2D eigenvalue weighted by Crippen LogP contribution is 2.45. The number of phenols is 2. The van der Waals surface area contributed by atoms with Crippen molar-refractivity contribution in [2.75, 3.05) is 14.2 Å². The molecule has 2 N–H and O–H groups in total. The number of aromatic hydroxyl groups is 2. The Morgan fingerprint density at radius 2 is 1.14 bits per heavy atom. The van der Waals surface area contributed by atoms with E-state index in [9.17, 15) is 10.2 Å². The summed E-state index contributed by atoms with van der Waals surface area (Å²) >= 11 is 0. The molecular formula is C17H20O4. The SMILES string of the molecule is COc1cccc(C(C)(C)c2cccc(OC)c2O)c1O. The number of hydrogen-bond acceptors (Lipinski definition) is 4. The van der Waals surface area contributed by atoms with Crippen molar-refractivity contribution in [3.8, 4) is 23.0 Å². The Morgan fingerprint density at radius 3 is 1.48 bits per heavy atom. The van der Waals surface area contributed by atoms with Gasteiger partial charge in [0.1, 0.15) is 0 Å². The monoisotopic (exact) mass is 288 g/mol. The lowest BCUT2D eigenvalue weighted by molar-refractivity contribution is 0.358. The van der Waals surface area contributed by atoms with Crippen LogP contribution in [-0.2, 0) is 5.41 Å². The van der Waals surface area contributed by atoms with Gasteiger partial charge in [-0.2, -0.15) is 0 Å². The molecule has 4 nitrogen and oxygen atoms in total. The molecule has 2 aromatic rings. The van der Waals surface area contributed by atoms with Crippen molar-refractivity contribution in [1.82, 2.24) is 0 Å². The highest BCUT2D eigenvalue weighted by atomic mass is 16.5. The first kappa shape index (κ1) is 15.0. The summed E-state index contributed by atoms with van der Waals surface area (Å²) in [5.74, 6) is 0.963. The number of rotatable bonds is 4. The second-order valence-electron chi connectivity index (χ2n) is 5.34. The zero-order valence-corrected chi connectivity index (χ0v) is 12.7. The summed E-state index contributed by atoms with van der Waals surface area (Å²) in [7, 11) is 3.02. The van der Waals surface area contributed by atoms with Crippen molar-refractivity contribution >= 4 is 0 Å². The van der Waals surface area contributed by atoms with Crippen LogP contribution in [0.25, 0.3) is 0 Å². The fourth-order valence-corrected chi connectivity index (χ4v) is 2.53. The number of phenolic OH excluding ortho intramolecular Hbond substituents is 2. The average molecular weight is 288 g/mol. The van der Waals surface area contributed by atoms with Crippen molar-refractivity contribution in [2.45, 2.75) is 19.3 Å². The Hall–Kier alpha value is -2.36. The minimum Gasteiger partial charge on any atom is -0.504 e. The van der Waals surface area contributed by atoms with Crippen molar-refractivity contribution in [3.63, 3.8) is 0 Å². The van der Waals surface area contributed by atoms with Crippen molar-refractivity contribution in [1.29, 1.82) is 0 Å². The molecule has 0 bridgehead atoms. The van der Waals surface area contributed by atoms with Gasteiger partial charge in [-0.25, -0.2) is 0 Å². The van der Waals surface area contributed by atoms with Gasteiger partial charge in [0.05, 0.1) is 14.2 Å². The van der Waals surface area contributed by atoms with Crippen LogP contribution in [0.2, 0.25) is 0 Å². The summed E-state index contributed by atoms with van der Waals surface area (Å²) in [6.07, 6.45) is 0. The predicted octanol–water partition coefficient (Wildman–Crippen LogP) is 3.44. The van der Waals surface area contributed by atoms with Gasteiger partial charge in [-0.3, -0.25) is 0 Å². The van der Waals surface area contributed by atoms with E-state index < -0.39 is 5.41 Å². The van der Waals surface area contributed by atoms with Crippen LogP contribution in [0.3, 0.4) is 0 Å². The van der Waals surface area contributed by atoms with E-state index in [-0.39, 0.29) is 11.5 Å². The van der Waals surface area contributed by atoms with E-state index in [0.29, 0.717) is 22.6 Å². The first-order valence-corrected chi connectivity index (χ1v) is 6.66. The first-order chi connectivity index (χ1) is 9.93. The van der Waals surface area contributed by atoms with Crippen molar-refractivity contribution in [3.05, 3.63) is 47.5 Å². The lowest BCUT2D eigenvalue weighted by atomic mass is 9.77. The van der Waals surface area contributed by atoms with Gasteiger partial charge in [0.15, 0.2) is 23.0 Å². The number of ether oxygens (including phenoxy) is 2. The van der Waals surface area contributed by atoms with Gasteiger partial charge in [0, 0.05) is 16.5 Å². The molecule has 0 atom stereocenters. The van der Waals surface area contributed by atoms with Gasteiger partial charge >= 0.3 is 0 Å². The van der Waals surface area contributed by atoms with Gasteiger partial charge < -0.3 is 19.7 Å². The van der Waals surface area contributed by atoms with Crippen LogP contribution in [-0.4, -0.2) is 24.4 Å². The third-order valence-electron chi connectivity index (χ3n) is 3.78. The van der Waals surface area contributed by atoms with Crippen LogP contribution in [0.15, 0.2) is 36.4 Å². The fourth-order valence-electron chi connectivity index (χ4n) is 2.53. The molecule has 0 aromatic heterocycles. The predicted molar refractivity (Wildman–Crippen MR) is 81.4 cm³/mol. The number of methoxy groups -OCH3 is 2. The topological polar surface area (TPSA) is 58.9 Å². The summed E-state index contributed by atoms with van der Waals surface area (Å²) in [6, 6.07) is 10.6. The highest BCUT2D eigenvalue weighted by Gasteiger charge is 2.31. The van der Waals surface area contributed by atoms with Gasteiger partial charge in [0.25, 0.3) is 0 Å². The van der Waals surface area contributed by atoms with Crippen LogP contribution in [0, 0.1) is 0 Å². The van der Waals surface area contributed by atoms with Crippen LogP contribution >= 0.6 is 0 Å². The van der Waals surface area contributed by atoms with E-state index in [1.54, 1.807) is 12.1 Å². The molecule has 0 saturated heterocycles. The molecule has 0 spiro atoms. The zero-order valence-electron chi connectivity index (χ0n) is 12.7. The molecule has 0 heterocycles. The molecule has 2 aromatic carbocycles. The lowest BCUT2D eigenvalue weighted by Crippen LogP contribution is -2.19. The van der Waals surface area contributed by atoms with Crippen molar-refractivity contribution in [2.24, 2.45) is 0 Å².